The van der Waals surface area contributed by atoms with Crippen molar-refractivity contribution in [2.45, 2.75) is 23.7 Å². The number of halogens is 1. The lowest BCUT2D eigenvalue weighted by Crippen LogP contribution is -2.43. The van der Waals surface area contributed by atoms with E-state index in [1.54, 1.807) is 0 Å². The van der Waals surface area contributed by atoms with Crippen LogP contribution in [0.1, 0.15) is 29.9 Å². The summed E-state index contributed by atoms with van der Waals surface area (Å²) in [6, 6.07) is 25.0. The number of piperidine rings is 1. The van der Waals surface area contributed by atoms with Gasteiger partial charge in [-0.3, -0.25) is 4.79 Å². The molecule has 1 fully saturated rings. The minimum Gasteiger partial charge on any atom is -0.355 e. The number of sulfonamides is 1. The lowest BCUT2D eigenvalue weighted by atomic mass is 9.90. The molecule has 0 atom stereocenters. The summed E-state index contributed by atoms with van der Waals surface area (Å²) in [7, 11) is -3.69. The van der Waals surface area contributed by atoms with Crippen molar-refractivity contribution in [1.29, 1.82) is 0 Å². The fourth-order valence-electron chi connectivity index (χ4n) is 4.26. The zero-order valence-electron chi connectivity index (χ0n) is 18.2. The Bertz CT molecular complexity index is 1120. The van der Waals surface area contributed by atoms with Gasteiger partial charge in [0.1, 0.15) is 5.82 Å². The lowest BCUT2D eigenvalue weighted by Gasteiger charge is -2.31. The molecule has 0 aliphatic carbocycles. The number of carbonyl (C=O) groups is 1. The Morgan fingerprint density at radius 1 is 0.879 bits per heavy atom. The van der Waals surface area contributed by atoms with Gasteiger partial charge in [-0.15, -0.1) is 0 Å². The number of nitrogens with zero attached hydrogens (tertiary/aromatic N) is 1. The first-order valence-electron chi connectivity index (χ1n) is 11.1. The van der Waals surface area contributed by atoms with Gasteiger partial charge in [0.05, 0.1) is 4.90 Å². The third-order valence-electron chi connectivity index (χ3n) is 6.16. The van der Waals surface area contributed by atoms with E-state index in [9.17, 15) is 17.6 Å². The van der Waals surface area contributed by atoms with Gasteiger partial charge in [-0.05, 0) is 48.2 Å². The maximum Gasteiger partial charge on any atom is 0.243 e. The van der Waals surface area contributed by atoms with E-state index in [1.165, 1.54) is 16.4 Å². The molecular formula is C26H27FN2O3S. The largest absolute Gasteiger partial charge is 0.355 e. The minimum atomic E-state index is -3.69. The summed E-state index contributed by atoms with van der Waals surface area (Å²) in [5.41, 5.74) is 2.26. The molecule has 1 heterocycles. The quantitative estimate of drug-likeness (QED) is 0.568. The van der Waals surface area contributed by atoms with E-state index in [4.69, 9.17) is 0 Å². The van der Waals surface area contributed by atoms with Crippen LogP contribution in [0.2, 0.25) is 0 Å². The Labute approximate surface area is 194 Å². The van der Waals surface area contributed by atoms with Crippen molar-refractivity contribution in [3.05, 3.63) is 102 Å². The lowest BCUT2D eigenvalue weighted by molar-refractivity contribution is -0.126. The molecule has 0 unspecified atom stereocenters. The average Bonchev–Trinajstić information content (AvgIpc) is 2.86. The molecule has 3 aromatic rings. The van der Waals surface area contributed by atoms with Crippen molar-refractivity contribution in [2.75, 3.05) is 19.6 Å². The van der Waals surface area contributed by atoms with Crippen LogP contribution in [0.15, 0.2) is 89.8 Å². The van der Waals surface area contributed by atoms with E-state index >= 15 is 0 Å². The van der Waals surface area contributed by atoms with Crippen molar-refractivity contribution in [3.63, 3.8) is 0 Å². The van der Waals surface area contributed by atoms with Gasteiger partial charge in [0.2, 0.25) is 15.9 Å². The van der Waals surface area contributed by atoms with Crippen LogP contribution in [0, 0.1) is 11.7 Å². The molecule has 172 valence electrons. The third kappa shape index (κ3) is 5.49. The molecule has 5 nitrogen and oxygen atoms in total. The summed E-state index contributed by atoms with van der Waals surface area (Å²) in [6.07, 6.45) is 0.904. The second-order valence-electron chi connectivity index (χ2n) is 8.25. The molecule has 0 bridgehead atoms. The number of amides is 1. The van der Waals surface area contributed by atoms with Crippen molar-refractivity contribution in [3.8, 4) is 0 Å². The maximum absolute atomic E-state index is 13.2. The van der Waals surface area contributed by atoms with Crippen LogP contribution >= 0.6 is 0 Å². The number of rotatable bonds is 7. The van der Waals surface area contributed by atoms with Gasteiger partial charge in [0, 0.05) is 31.5 Å². The average molecular weight is 467 g/mol. The van der Waals surface area contributed by atoms with Gasteiger partial charge in [-0.25, -0.2) is 12.8 Å². The van der Waals surface area contributed by atoms with Crippen molar-refractivity contribution in [1.82, 2.24) is 9.62 Å². The van der Waals surface area contributed by atoms with Gasteiger partial charge in [-0.1, -0.05) is 60.7 Å². The maximum atomic E-state index is 13.2. The predicted octanol–water partition coefficient (Wildman–Crippen LogP) is 4.17. The number of nitrogens with one attached hydrogen (secondary N) is 1. The normalized spacial score (nSPS) is 15.5. The van der Waals surface area contributed by atoms with Gasteiger partial charge >= 0.3 is 0 Å². The molecule has 0 saturated carbocycles. The molecule has 3 aromatic carbocycles. The summed E-state index contributed by atoms with van der Waals surface area (Å²) >= 11 is 0. The molecule has 1 saturated heterocycles. The standard InChI is InChI=1S/C26H27FN2O3S/c27-23-11-13-24(14-12-23)33(31,32)29-17-15-22(16-18-29)26(30)28-19-25(20-7-3-1-4-8-20)21-9-5-2-6-10-21/h1-14,22,25H,15-19H2,(H,28,30). The Kier molecular flexibility index (Phi) is 7.20. The highest BCUT2D eigenvalue weighted by atomic mass is 32.2. The Morgan fingerprint density at radius 3 is 1.91 bits per heavy atom. The van der Waals surface area contributed by atoms with Gasteiger partial charge in [0.15, 0.2) is 0 Å². The minimum absolute atomic E-state index is 0.0373. The zero-order valence-corrected chi connectivity index (χ0v) is 19.0. The van der Waals surface area contributed by atoms with Crippen LogP contribution in [-0.2, 0) is 14.8 Å². The number of carbonyl (C=O) groups excluding carboxylic acids is 1. The van der Waals surface area contributed by atoms with Crippen molar-refractivity contribution < 1.29 is 17.6 Å². The fourth-order valence-corrected chi connectivity index (χ4v) is 5.73. The van der Waals surface area contributed by atoms with Gasteiger partial charge in [-0.2, -0.15) is 4.31 Å². The Morgan fingerprint density at radius 2 is 1.39 bits per heavy atom. The molecule has 0 spiro atoms. The highest BCUT2D eigenvalue weighted by Crippen LogP contribution is 2.26. The Hall–Kier alpha value is -3.03. The first-order valence-corrected chi connectivity index (χ1v) is 12.5. The van der Waals surface area contributed by atoms with E-state index < -0.39 is 15.8 Å². The second-order valence-corrected chi connectivity index (χ2v) is 10.2. The van der Waals surface area contributed by atoms with Gasteiger partial charge < -0.3 is 5.32 Å². The molecule has 33 heavy (non-hydrogen) atoms. The van der Waals surface area contributed by atoms with Crippen molar-refractivity contribution >= 4 is 15.9 Å². The SMILES string of the molecule is O=C(NCC(c1ccccc1)c1ccccc1)C1CCN(S(=O)(=O)c2ccc(F)cc2)CC1. The highest BCUT2D eigenvalue weighted by Gasteiger charge is 2.32. The first kappa shape index (κ1) is 23.1. The molecule has 1 amide bonds. The van der Waals surface area contributed by atoms with Crippen LogP contribution in [-0.4, -0.2) is 38.3 Å². The monoisotopic (exact) mass is 466 g/mol. The first-order chi connectivity index (χ1) is 15.9. The zero-order chi connectivity index (χ0) is 23.3. The number of benzene rings is 3. The molecule has 0 radical (unpaired) electrons. The molecule has 7 heteroatoms. The van der Waals surface area contributed by atoms with Crippen LogP contribution in [0.5, 0.6) is 0 Å². The third-order valence-corrected chi connectivity index (χ3v) is 8.07. The van der Waals surface area contributed by atoms with Crippen LogP contribution < -0.4 is 5.32 Å². The molecule has 1 aliphatic rings. The van der Waals surface area contributed by atoms with Crippen LogP contribution in [0.25, 0.3) is 0 Å². The topological polar surface area (TPSA) is 66.5 Å². The summed E-state index contributed by atoms with van der Waals surface area (Å²) in [6.45, 7) is 0.998. The van der Waals surface area contributed by atoms with E-state index in [1.807, 2.05) is 36.4 Å². The molecular weight excluding hydrogens is 439 g/mol. The predicted molar refractivity (Wildman–Crippen MR) is 126 cm³/mol. The molecule has 1 N–H and O–H groups in total. The second kappa shape index (κ2) is 10.3. The van der Waals surface area contributed by atoms with Crippen LogP contribution in [0.3, 0.4) is 0 Å². The van der Waals surface area contributed by atoms with Gasteiger partial charge in [0.25, 0.3) is 0 Å². The van der Waals surface area contributed by atoms with E-state index in [-0.39, 0.29) is 35.7 Å². The summed E-state index contributed by atoms with van der Waals surface area (Å²) < 4.78 is 40.1. The Balaban J connectivity index is 1.37. The number of hydrogen-bond acceptors (Lipinski definition) is 3. The van der Waals surface area contributed by atoms with E-state index in [0.29, 0.717) is 19.4 Å². The molecule has 4 rings (SSSR count). The summed E-state index contributed by atoms with van der Waals surface area (Å²) in [5, 5.41) is 3.09. The molecule has 0 aromatic heterocycles. The summed E-state index contributed by atoms with van der Waals surface area (Å²) in [5.74, 6) is -0.730. The smallest absolute Gasteiger partial charge is 0.243 e. The van der Waals surface area contributed by atoms with E-state index in [0.717, 1.165) is 23.3 Å². The number of hydrogen-bond donors (Lipinski definition) is 1. The van der Waals surface area contributed by atoms with Crippen molar-refractivity contribution in [2.24, 2.45) is 5.92 Å². The fraction of sp³-hybridized carbons (Fsp3) is 0.269. The van der Waals surface area contributed by atoms with Crippen LogP contribution in [0.4, 0.5) is 4.39 Å². The summed E-state index contributed by atoms with van der Waals surface area (Å²) in [4.78, 5) is 13.0. The van der Waals surface area contributed by atoms with E-state index in [2.05, 4.69) is 29.6 Å². The highest BCUT2D eigenvalue weighted by molar-refractivity contribution is 7.89. The molecule has 1 aliphatic heterocycles.